The fourth-order valence-corrected chi connectivity index (χ4v) is 6.66. The van der Waals surface area contributed by atoms with Crippen LogP contribution in [-0.4, -0.2) is 101 Å². The highest BCUT2D eigenvalue weighted by molar-refractivity contribution is 5.95. The molecule has 0 bridgehead atoms. The predicted molar refractivity (Wildman–Crippen MR) is 235 cm³/mol. The van der Waals surface area contributed by atoms with Gasteiger partial charge in [-0.1, -0.05) is 36.4 Å². The number of likely N-dealkylation sites (N-methyl/N-ethyl adjacent to an activating group) is 2. The molecular weight excluding hydrogens is 787 g/mol. The number of hydrogen-bond donors (Lipinski definition) is 0. The van der Waals surface area contributed by atoms with E-state index in [2.05, 4.69) is 15.0 Å². The van der Waals surface area contributed by atoms with E-state index in [1.54, 1.807) is 65.2 Å². The van der Waals surface area contributed by atoms with Crippen LogP contribution in [0.5, 0.6) is 0 Å². The van der Waals surface area contributed by atoms with Gasteiger partial charge in [0, 0.05) is 105 Å². The van der Waals surface area contributed by atoms with Crippen molar-refractivity contribution in [2.75, 3.05) is 33.7 Å². The molecule has 3 amide bonds. The number of rotatable bonds is 17. The highest BCUT2D eigenvalue weighted by Crippen LogP contribution is 2.13. The van der Waals surface area contributed by atoms with Gasteiger partial charge in [0.2, 0.25) is 0 Å². The minimum Gasteiger partial charge on any atom is -0.341 e. The van der Waals surface area contributed by atoms with E-state index in [9.17, 15) is 28.8 Å². The summed E-state index contributed by atoms with van der Waals surface area (Å²) in [5, 5.41) is 0. The van der Waals surface area contributed by atoms with Crippen molar-refractivity contribution < 1.29 is 14.4 Å². The lowest BCUT2D eigenvalue weighted by Crippen LogP contribution is -2.33. The number of amides is 3. The molecule has 0 aliphatic heterocycles. The van der Waals surface area contributed by atoms with Gasteiger partial charge in [0.15, 0.2) is 0 Å². The molecule has 0 fully saturated rings. The van der Waals surface area contributed by atoms with E-state index < -0.39 is 0 Å². The van der Waals surface area contributed by atoms with Crippen LogP contribution in [0.1, 0.15) is 79.9 Å². The highest BCUT2D eigenvalue weighted by Gasteiger charge is 2.17. The van der Waals surface area contributed by atoms with Gasteiger partial charge in [0.05, 0.1) is 38.6 Å². The van der Waals surface area contributed by atoms with E-state index in [4.69, 9.17) is 0 Å². The van der Waals surface area contributed by atoms with Crippen molar-refractivity contribution >= 4 is 17.7 Å². The van der Waals surface area contributed by atoms with Crippen LogP contribution < -0.4 is 16.7 Å². The molecule has 3 aromatic carbocycles. The second-order valence-corrected chi connectivity index (χ2v) is 15.5. The number of carbonyl (C=O) groups excluding carboxylic acids is 3. The molecule has 3 heterocycles. The molecule has 0 aliphatic rings. The summed E-state index contributed by atoms with van der Waals surface area (Å²) >= 11 is 0. The first-order chi connectivity index (χ1) is 29.8. The molecule has 62 heavy (non-hydrogen) atoms. The molecule has 0 spiro atoms. The number of aromatic nitrogens is 6. The van der Waals surface area contributed by atoms with Crippen molar-refractivity contribution in [3.05, 3.63) is 192 Å². The van der Waals surface area contributed by atoms with Crippen LogP contribution in [-0.2, 0) is 32.5 Å². The molecule has 0 atom stereocenters. The van der Waals surface area contributed by atoms with Crippen molar-refractivity contribution in [2.24, 2.45) is 0 Å². The Kier molecular flexibility index (Phi) is 14.5. The first kappa shape index (κ1) is 44.3. The normalized spacial score (nSPS) is 11.1. The van der Waals surface area contributed by atoms with E-state index in [-0.39, 0.29) is 47.0 Å². The fourth-order valence-electron chi connectivity index (χ4n) is 6.66. The van der Waals surface area contributed by atoms with Crippen molar-refractivity contribution in [3.8, 4) is 0 Å². The lowest BCUT2D eigenvalue weighted by molar-refractivity contribution is 0.0750. The summed E-state index contributed by atoms with van der Waals surface area (Å²) in [5.41, 5.74) is 4.68. The van der Waals surface area contributed by atoms with Gasteiger partial charge in [-0.15, -0.1) is 0 Å². The van der Waals surface area contributed by atoms with Crippen LogP contribution >= 0.6 is 0 Å². The first-order valence-corrected chi connectivity index (χ1v) is 20.5. The zero-order chi connectivity index (χ0) is 44.3. The molecule has 0 radical (unpaired) electrons. The number of hydrogen-bond acceptors (Lipinski definition) is 9. The fraction of sp³-hybridized carbons (Fsp3) is 0.298. The largest absolute Gasteiger partial charge is 0.341 e. The Bertz CT molecular complexity index is 2690. The monoisotopic (exact) mass is 837 g/mol. The van der Waals surface area contributed by atoms with E-state index in [0.29, 0.717) is 73.6 Å². The second-order valence-electron chi connectivity index (χ2n) is 15.5. The van der Waals surface area contributed by atoms with Gasteiger partial charge in [-0.05, 0) is 73.9 Å². The van der Waals surface area contributed by atoms with Crippen molar-refractivity contribution in [1.82, 2.24) is 43.4 Å². The predicted octanol–water partition coefficient (Wildman–Crippen LogP) is 4.00. The standard InChI is InChI=1S/C47H51N9O6/c1-6-53(24-21-41-26-44(59)56(32-50-41)28-35-9-15-38(16-10-35)46(61)52(5)33(2)3)47(62)39-17-11-36(12-18-39)29-55-31-49-40(25-43(55)58)20-23-51(4)45(60)37-13-7-34(8-14-37)27-54-30-48-22-19-42(54)57/h7-19,22,25-26,30-33H,6,20-21,23-24,27-29H2,1-5H3. The third kappa shape index (κ3) is 11.3. The number of benzene rings is 3. The Balaban J connectivity index is 0.968. The summed E-state index contributed by atoms with van der Waals surface area (Å²) in [4.78, 5) is 95.0. The van der Waals surface area contributed by atoms with Gasteiger partial charge in [0.1, 0.15) is 0 Å². The molecule has 15 nitrogen and oxygen atoms in total. The minimum atomic E-state index is -0.233. The Morgan fingerprint density at radius 2 is 1.00 bits per heavy atom. The SMILES string of the molecule is CCN(CCc1cc(=O)n(Cc2ccc(C(=O)N(C)C(C)C)cc2)cn1)C(=O)c1ccc(Cn2cnc(CCN(C)C(=O)c3ccc(Cn4cnccc4=O)cc3)cc2=O)cc1. The molecule has 320 valence electrons. The lowest BCUT2D eigenvalue weighted by atomic mass is 10.1. The van der Waals surface area contributed by atoms with E-state index in [0.717, 1.165) is 16.7 Å². The summed E-state index contributed by atoms with van der Waals surface area (Å²) in [6.07, 6.45) is 6.71. The molecule has 15 heteroatoms. The molecular formula is C47H51N9O6. The smallest absolute Gasteiger partial charge is 0.253 e. The van der Waals surface area contributed by atoms with Crippen LogP contribution in [0.4, 0.5) is 0 Å². The maximum atomic E-state index is 13.5. The summed E-state index contributed by atoms with van der Waals surface area (Å²) in [6, 6.07) is 25.8. The maximum Gasteiger partial charge on any atom is 0.253 e. The summed E-state index contributed by atoms with van der Waals surface area (Å²) in [7, 11) is 3.46. The van der Waals surface area contributed by atoms with E-state index >= 15 is 0 Å². The topological polar surface area (TPSA) is 166 Å². The van der Waals surface area contributed by atoms with E-state index in [1.165, 1.54) is 57.1 Å². The molecule has 0 aliphatic carbocycles. The minimum absolute atomic E-state index is 0.0606. The number of nitrogens with zero attached hydrogens (tertiary/aromatic N) is 9. The Labute approximate surface area is 359 Å². The molecule has 3 aromatic heterocycles. The Morgan fingerprint density at radius 1 is 0.565 bits per heavy atom. The first-order valence-electron chi connectivity index (χ1n) is 20.5. The van der Waals surface area contributed by atoms with Gasteiger partial charge in [-0.3, -0.25) is 42.5 Å². The zero-order valence-electron chi connectivity index (χ0n) is 35.7. The summed E-state index contributed by atoms with van der Waals surface area (Å²) < 4.78 is 4.48. The molecule has 0 saturated carbocycles. The van der Waals surface area contributed by atoms with Gasteiger partial charge in [-0.2, -0.15) is 0 Å². The molecule has 0 unspecified atom stereocenters. The highest BCUT2D eigenvalue weighted by atomic mass is 16.2. The Morgan fingerprint density at radius 3 is 1.44 bits per heavy atom. The van der Waals surface area contributed by atoms with Crippen LogP contribution in [0.3, 0.4) is 0 Å². The van der Waals surface area contributed by atoms with Gasteiger partial charge >= 0.3 is 0 Å². The molecule has 6 aromatic rings. The summed E-state index contributed by atoms with van der Waals surface area (Å²) in [5.74, 6) is -0.390. The van der Waals surface area contributed by atoms with Crippen molar-refractivity contribution in [3.63, 3.8) is 0 Å². The average molecular weight is 838 g/mol. The van der Waals surface area contributed by atoms with E-state index in [1.807, 2.05) is 57.2 Å². The molecule has 6 rings (SSSR count). The van der Waals surface area contributed by atoms with Crippen LogP contribution in [0.15, 0.2) is 131 Å². The van der Waals surface area contributed by atoms with Crippen molar-refractivity contribution in [2.45, 2.75) is 59.3 Å². The third-order valence-corrected chi connectivity index (χ3v) is 10.8. The third-order valence-electron chi connectivity index (χ3n) is 10.8. The second kappa shape index (κ2) is 20.3. The quantitative estimate of drug-likeness (QED) is 0.132. The van der Waals surface area contributed by atoms with Gasteiger partial charge < -0.3 is 14.7 Å². The van der Waals surface area contributed by atoms with Crippen LogP contribution in [0, 0.1) is 0 Å². The van der Waals surface area contributed by atoms with Gasteiger partial charge in [0.25, 0.3) is 34.4 Å². The number of carbonyl (C=O) groups is 3. The Hall–Kier alpha value is -7.29. The zero-order valence-corrected chi connectivity index (χ0v) is 35.7. The van der Waals surface area contributed by atoms with Crippen LogP contribution in [0.2, 0.25) is 0 Å². The average Bonchev–Trinajstić information content (AvgIpc) is 3.28. The lowest BCUT2D eigenvalue weighted by Gasteiger charge is -2.21. The van der Waals surface area contributed by atoms with Crippen LogP contribution in [0.25, 0.3) is 0 Å². The maximum absolute atomic E-state index is 13.5. The molecule has 0 N–H and O–H groups in total. The molecule has 0 saturated heterocycles. The summed E-state index contributed by atoms with van der Waals surface area (Å²) in [6.45, 7) is 7.92. The van der Waals surface area contributed by atoms with Crippen molar-refractivity contribution in [1.29, 1.82) is 0 Å². The van der Waals surface area contributed by atoms with Gasteiger partial charge in [-0.25, -0.2) is 15.0 Å².